The topological polar surface area (TPSA) is 237 Å². The van der Waals surface area contributed by atoms with Crippen molar-refractivity contribution in [3.8, 4) is 0 Å². The van der Waals surface area contributed by atoms with E-state index in [0.29, 0.717) is 31.6 Å². The van der Waals surface area contributed by atoms with Crippen molar-refractivity contribution < 1.29 is 80.2 Å². The molecule has 0 aliphatic carbocycles. The lowest BCUT2D eigenvalue weighted by Crippen LogP contribution is -2.30. The van der Waals surface area contributed by atoms with Crippen molar-refractivity contribution in [1.29, 1.82) is 0 Å². The molecule has 0 fully saturated rings. The van der Waals surface area contributed by atoms with Crippen LogP contribution in [0.5, 0.6) is 0 Å². The van der Waals surface area contributed by atoms with Crippen molar-refractivity contribution in [2.75, 3.05) is 39.6 Å². The molecule has 0 amide bonds. The van der Waals surface area contributed by atoms with Crippen LogP contribution in [0.25, 0.3) is 0 Å². The predicted octanol–water partition coefficient (Wildman–Crippen LogP) is 16.6. The third kappa shape index (κ3) is 54.5. The van der Waals surface area contributed by atoms with Crippen LogP contribution < -0.4 is 0 Å². The molecule has 17 nitrogen and oxygen atoms in total. The van der Waals surface area contributed by atoms with E-state index in [9.17, 15) is 43.2 Å². The molecule has 0 aliphatic heterocycles. The lowest BCUT2D eigenvalue weighted by atomic mass is 10.00. The van der Waals surface area contributed by atoms with E-state index in [4.69, 9.17) is 37.0 Å². The molecule has 0 aromatic heterocycles. The number of unbranched alkanes of at least 4 members (excludes halogenated alkanes) is 23. The van der Waals surface area contributed by atoms with Gasteiger partial charge in [-0.2, -0.15) is 0 Å². The Morgan fingerprint density at radius 1 is 0.346 bits per heavy atom. The molecule has 0 aromatic carbocycles. The molecule has 0 bridgehead atoms. The van der Waals surface area contributed by atoms with Gasteiger partial charge in [-0.3, -0.25) is 37.3 Å². The monoisotopic (exact) mass is 1200 g/mol. The fraction of sp³-hybridized carbons (Fsp3) is 0.935. The van der Waals surface area contributed by atoms with Crippen molar-refractivity contribution in [2.24, 2.45) is 23.7 Å². The molecule has 480 valence electrons. The Bertz CT molecular complexity index is 1630. The molecule has 0 rings (SSSR count). The van der Waals surface area contributed by atoms with Crippen LogP contribution >= 0.6 is 15.6 Å². The van der Waals surface area contributed by atoms with Gasteiger partial charge in [0.25, 0.3) is 0 Å². The number of esters is 4. The van der Waals surface area contributed by atoms with Crippen LogP contribution in [0.1, 0.15) is 293 Å². The highest BCUT2D eigenvalue weighted by Gasteiger charge is 2.30. The first-order chi connectivity index (χ1) is 38.7. The summed E-state index contributed by atoms with van der Waals surface area (Å²) in [5.41, 5.74) is 0. The van der Waals surface area contributed by atoms with E-state index in [1.807, 2.05) is 0 Å². The first-order valence-electron chi connectivity index (χ1n) is 32.3. The van der Waals surface area contributed by atoms with Gasteiger partial charge in [0, 0.05) is 25.7 Å². The number of hydrogen-bond donors (Lipinski definition) is 3. The van der Waals surface area contributed by atoms with Gasteiger partial charge in [-0.05, 0) is 49.4 Å². The molecule has 3 N–H and O–H groups in total. The van der Waals surface area contributed by atoms with E-state index in [0.717, 1.165) is 114 Å². The normalized spacial score (nSPS) is 15.2. The van der Waals surface area contributed by atoms with Gasteiger partial charge >= 0.3 is 39.5 Å². The predicted molar refractivity (Wildman–Crippen MR) is 321 cm³/mol. The maximum absolute atomic E-state index is 12.9. The highest BCUT2D eigenvalue weighted by Crippen LogP contribution is 2.45. The van der Waals surface area contributed by atoms with E-state index < -0.39 is 97.5 Å². The van der Waals surface area contributed by atoms with Crippen molar-refractivity contribution in [2.45, 2.75) is 311 Å². The zero-order valence-electron chi connectivity index (χ0n) is 52.4. The summed E-state index contributed by atoms with van der Waals surface area (Å²) in [7, 11) is -9.89. The van der Waals surface area contributed by atoms with Crippen LogP contribution in [0.15, 0.2) is 0 Å². The van der Waals surface area contributed by atoms with Crippen molar-refractivity contribution in [3.05, 3.63) is 0 Å². The highest BCUT2D eigenvalue weighted by molar-refractivity contribution is 7.47. The SMILES string of the molecule is CCC(C)CCCCCCCCC(=O)O[C@H](COC(=O)CCCCCCCCCCC(C)C)COP(=O)(O)OCC(O)COP(=O)(O)OC[C@@H](COC(=O)CCCCCCCCCC(C)C)OC(=O)CCCCCCCCC(C)CC. The molecule has 0 aliphatic rings. The van der Waals surface area contributed by atoms with Gasteiger partial charge in [0.05, 0.1) is 26.4 Å². The number of rotatable bonds is 59. The minimum Gasteiger partial charge on any atom is -0.462 e. The number of phosphoric ester groups is 2. The zero-order chi connectivity index (χ0) is 60.4. The maximum Gasteiger partial charge on any atom is 0.472 e. The Balaban J connectivity index is 5.26. The fourth-order valence-electron chi connectivity index (χ4n) is 9.01. The second kappa shape index (κ2) is 52.4. The van der Waals surface area contributed by atoms with Crippen molar-refractivity contribution >= 4 is 39.5 Å². The summed E-state index contributed by atoms with van der Waals surface area (Å²) in [4.78, 5) is 72.1. The van der Waals surface area contributed by atoms with Gasteiger partial charge in [-0.25, -0.2) is 9.13 Å². The van der Waals surface area contributed by atoms with Crippen LogP contribution in [0, 0.1) is 23.7 Å². The van der Waals surface area contributed by atoms with E-state index in [1.165, 1.54) is 89.9 Å². The van der Waals surface area contributed by atoms with Gasteiger partial charge in [-0.15, -0.1) is 0 Å². The second-order valence-electron chi connectivity index (χ2n) is 23.9. The Kier molecular flexibility index (Phi) is 51.1. The molecule has 5 unspecified atom stereocenters. The molecular weight excluding hydrogens is 1080 g/mol. The largest absolute Gasteiger partial charge is 0.472 e. The average molecular weight is 1200 g/mol. The lowest BCUT2D eigenvalue weighted by Gasteiger charge is -2.21. The van der Waals surface area contributed by atoms with Crippen LogP contribution in [0.4, 0.5) is 0 Å². The Morgan fingerprint density at radius 2 is 0.593 bits per heavy atom. The summed E-state index contributed by atoms with van der Waals surface area (Å²) < 4.78 is 67.9. The molecular formula is C62H120O17P2. The lowest BCUT2D eigenvalue weighted by molar-refractivity contribution is -0.161. The van der Waals surface area contributed by atoms with Crippen LogP contribution in [-0.2, 0) is 65.4 Å². The smallest absolute Gasteiger partial charge is 0.462 e. The van der Waals surface area contributed by atoms with Crippen LogP contribution in [0.2, 0.25) is 0 Å². The molecule has 0 spiro atoms. The summed E-state index contributed by atoms with van der Waals surface area (Å²) in [6.45, 7) is 13.9. The number of aliphatic hydroxyl groups is 1. The summed E-state index contributed by atoms with van der Waals surface area (Å²) in [5, 5.41) is 10.5. The van der Waals surface area contributed by atoms with Crippen LogP contribution in [0.3, 0.4) is 0 Å². The number of hydrogen-bond acceptors (Lipinski definition) is 15. The number of phosphoric acid groups is 2. The van der Waals surface area contributed by atoms with E-state index >= 15 is 0 Å². The van der Waals surface area contributed by atoms with E-state index in [-0.39, 0.29) is 25.7 Å². The number of ether oxygens (including phenoxy) is 4. The molecule has 0 radical (unpaired) electrons. The third-order valence-electron chi connectivity index (χ3n) is 14.8. The van der Waals surface area contributed by atoms with Crippen molar-refractivity contribution in [1.82, 2.24) is 0 Å². The maximum atomic E-state index is 12.9. The minimum atomic E-state index is -4.94. The van der Waals surface area contributed by atoms with Gasteiger partial charge in [0.1, 0.15) is 19.3 Å². The summed E-state index contributed by atoms with van der Waals surface area (Å²) in [6, 6.07) is 0. The minimum absolute atomic E-state index is 0.101. The summed E-state index contributed by atoms with van der Waals surface area (Å²) in [6.07, 6.45) is 30.9. The second-order valence-corrected chi connectivity index (χ2v) is 26.8. The van der Waals surface area contributed by atoms with Gasteiger partial charge < -0.3 is 33.8 Å². The molecule has 0 heterocycles. The average Bonchev–Trinajstić information content (AvgIpc) is 3.42. The number of aliphatic hydroxyl groups excluding tert-OH is 1. The highest BCUT2D eigenvalue weighted by atomic mass is 31.2. The first kappa shape index (κ1) is 79.1. The zero-order valence-corrected chi connectivity index (χ0v) is 54.2. The summed E-state index contributed by atoms with van der Waals surface area (Å²) in [5.74, 6) is 0.724. The molecule has 0 saturated heterocycles. The molecule has 0 aromatic rings. The quantitative estimate of drug-likeness (QED) is 0.0222. The van der Waals surface area contributed by atoms with Gasteiger partial charge in [0.15, 0.2) is 12.2 Å². The van der Waals surface area contributed by atoms with E-state index in [1.54, 1.807) is 0 Å². The van der Waals surface area contributed by atoms with Crippen molar-refractivity contribution in [3.63, 3.8) is 0 Å². The summed E-state index contributed by atoms with van der Waals surface area (Å²) >= 11 is 0. The Morgan fingerprint density at radius 3 is 0.877 bits per heavy atom. The first-order valence-corrected chi connectivity index (χ1v) is 35.3. The van der Waals surface area contributed by atoms with Gasteiger partial charge in [-0.1, -0.05) is 242 Å². The molecule has 7 atom stereocenters. The molecule has 19 heteroatoms. The van der Waals surface area contributed by atoms with Gasteiger partial charge in [0.2, 0.25) is 0 Å². The Hall–Kier alpha value is -1.94. The number of carbonyl (C=O) groups is 4. The number of carbonyl (C=O) groups excluding carboxylic acids is 4. The standard InChI is InChI=1S/C62H120O17P2/c1-9-54(7)40-32-24-18-20-28-36-44-61(66)78-57(48-72-59(64)42-34-26-16-12-11-14-22-30-38-52(3)4)50-76-80(68,69)74-46-56(63)47-75-81(70,71)77-51-58(79-62(67)45-37-29-21-19-25-33-41-55(8)10-2)49-73-60(65)43-35-27-17-13-15-23-31-39-53(5)6/h52-58,63H,9-51H2,1-8H3,(H,68,69)(H,70,71)/t54?,55?,56?,57-,58-/m1/s1. The van der Waals surface area contributed by atoms with Crippen LogP contribution in [-0.4, -0.2) is 96.7 Å². The third-order valence-corrected chi connectivity index (χ3v) is 16.7. The fourth-order valence-corrected chi connectivity index (χ4v) is 10.6. The Labute approximate surface area is 492 Å². The molecule has 0 saturated carbocycles. The van der Waals surface area contributed by atoms with E-state index in [2.05, 4.69) is 55.4 Å². The molecule has 81 heavy (non-hydrogen) atoms.